The van der Waals surface area contributed by atoms with Crippen LogP contribution in [-0.2, 0) is 0 Å². The summed E-state index contributed by atoms with van der Waals surface area (Å²) in [6.45, 7) is 0. The van der Waals surface area contributed by atoms with Crippen molar-refractivity contribution in [3.05, 3.63) is 223 Å². The average Bonchev–Trinajstić information content (AvgIpc) is 4.14. The molecule has 0 N–H and O–H groups in total. The number of para-hydroxylation sites is 4. The summed E-state index contributed by atoms with van der Waals surface area (Å²) >= 11 is 1.83. The Labute approximate surface area is 394 Å². The normalized spacial score (nSPS) is 11.8. The van der Waals surface area contributed by atoms with E-state index in [9.17, 15) is 10.5 Å². The molecule has 0 aliphatic rings. The van der Waals surface area contributed by atoms with Crippen molar-refractivity contribution in [3.8, 4) is 51.5 Å². The second-order valence-corrected chi connectivity index (χ2v) is 18.6. The highest BCUT2D eigenvalue weighted by Gasteiger charge is 2.24. The van der Waals surface area contributed by atoms with E-state index in [0.29, 0.717) is 11.1 Å². The number of nitrogens with zero attached hydrogens (tertiary/aromatic N) is 5. The van der Waals surface area contributed by atoms with Gasteiger partial charge in [-0.3, -0.25) is 0 Å². The lowest BCUT2D eigenvalue weighted by Crippen LogP contribution is -2.02. The predicted octanol–water partition coefficient (Wildman–Crippen LogP) is 16.4. The molecule has 0 spiro atoms. The van der Waals surface area contributed by atoms with E-state index >= 15 is 0 Å². The molecule has 6 heteroatoms. The molecule has 4 heterocycles. The van der Waals surface area contributed by atoms with Gasteiger partial charge >= 0.3 is 0 Å². The van der Waals surface area contributed by atoms with Crippen molar-refractivity contribution in [1.82, 2.24) is 13.7 Å². The average molecular weight is 882 g/mol. The summed E-state index contributed by atoms with van der Waals surface area (Å²) < 4.78 is 9.81. The maximum atomic E-state index is 10.4. The number of rotatable bonds is 5. The van der Waals surface area contributed by atoms with Crippen LogP contribution in [0.2, 0.25) is 0 Å². The number of benzene rings is 10. The first-order valence-electron chi connectivity index (χ1n) is 22.7. The van der Waals surface area contributed by atoms with E-state index in [1.807, 2.05) is 35.6 Å². The van der Waals surface area contributed by atoms with Crippen LogP contribution in [-0.4, -0.2) is 13.7 Å². The van der Waals surface area contributed by atoms with Crippen molar-refractivity contribution < 1.29 is 0 Å². The van der Waals surface area contributed by atoms with Crippen LogP contribution < -0.4 is 0 Å². The standard InChI is InChI=1S/C62H35N5S/c63-36-38-13-12-14-39(31-38)50-32-40(25-26-41(50)37-64)44-28-27-43(33-57(44)67-54-22-9-5-18-46(54)51-34-52-47-19-7-11-24-59(47)68-60(52)35-58(51)67)65-55-23-10-6-20-49(55)61-56(65)30-29-48-45-17-4-8-21-53(45)66(62(48)61)42-15-2-1-3-16-42/h1-35H. The van der Waals surface area contributed by atoms with E-state index < -0.39 is 0 Å². The maximum Gasteiger partial charge on any atom is 0.0998 e. The van der Waals surface area contributed by atoms with Crippen molar-refractivity contribution >= 4 is 96.9 Å². The van der Waals surface area contributed by atoms with Gasteiger partial charge in [0.15, 0.2) is 0 Å². The summed E-state index contributed by atoms with van der Waals surface area (Å²) in [6.07, 6.45) is 0. The van der Waals surface area contributed by atoms with Gasteiger partial charge in [-0.15, -0.1) is 11.3 Å². The molecule has 14 rings (SSSR count). The molecule has 4 aromatic heterocycles. The predicted molar refractivity (Wildman–Crippen MR) is 283 cm³/mol. The molecule has 0 aliphatic heterocycles. The fraction of sp³-hybridized carbons (Fsp3) is 0. The van der Waals surface area contributed by atoms with Crippen molar-refractivity contribution in [2.45, 2.75) is 0 Å². The van der Waals surface area contributed by atoms with E-state index in [1.54, 1.807) is 6.07 Å². The molecular weight excluding hydrogens is 847 g/mol. The Kier molecular flexibility index (Phi) is 8.21. The van der Waals surface area contributed by atoms with E-state index in [2.05, 4.69) is 208 Å². The summed E-state index contributed by atoms with van der Waals surface area (Å²) in [5.41, 5.74) is 14.7. The van der Waals surface area contributed by atoms with Gasteiger partial charge in [0.05, 0.1) is 62.1 Å². The fourth-order valence-corrected chi connectivity index (χ4v) is 12.1. The first-order valence-corrected chi connectivity index (χ1v) is 23.5. The monoisotopic (exact) mass is 881 g/mol. The molecular formula is C62H35N5S. The zero-order valence-electron chi connectivity index (χ0n) is 36.4. The highest BCUT2D eigenvalue weighted by molar-refractivity contribution is 7.25. The quantitative estimate of drug-likeness (QED) is 0.173. The van der Waals surface area contributed by atoms with Crippen LogP contribution >= 0.6 is 11.3 Å². The van der Waals surface area contributed by atoms with Gasteiger partial charge in [-0.25, -0.2) is 0 Å². The minimum absolute atomic E-state index is 0.548. The molecule has 0 bridgehead atoms. The largest absolute Gasteiger partial charge is 0.309 e. The summed E-state index contributed by atoms with van der Waals surface area (Å²) in [5.74, 6) is 0. The lowest BCUT2D eigenvalue weighted by molar-refractivity contribution is 1.14. The highest BCUT2D eigenvalue weighted by atomic mass is 32.1. The summed E-state index contributed by atoms with van der Waals surface area (Å²) in [4.78, 5) is 0. The molecule has 0 saturated heterocycles. The Balaban J connectivity index is 1.10. The van der Waals surface area contributed by atoms with Crippen molar-refractivity contribution in [3.63, 3.8) is 0 Å². The molecule has 0 amide bonds. The number of hydrogen-bond acceptors (Lipinski definition) is 3. The molecule has 314 valence electrons. The van der Waals surface area contributed by atoms with Gasteiger partial charge in [-0.05, 0) is 102 Å². The second kappa shape index (κ2) is 14.7. The third kappa shape index (κ3) is 5.47. The second-order valence-electron chi connectivity index (χ2n) is 17.5. The lowest BCUT2D eigenvalue weighted by Gasteiger charge is -2.18. The van der Waals surface area contributed by atoms with Gasteiger partial charge in [-0.1, -0.05) is 121 Å². The zero-order valence-corrected chi connectivity index (χ0v) is 37.2. The Hall–Kier alpha value is -9.20. The molecule has 0 atom stereocenters. The molecule has 14 aromatic rings. The number of thiophene rings is 1. The van der Waals surface area contributed by atoms with Crippen LogP contribution in [0, 0.1) is 22.7 Å². The minimum Gasteiger partial charge on any atom is -0.309 e. The molecule has 0 unspecified atom stereocenters. The van der Waals surface area contributed by atoms with Gasteiger partial charge in [0.25, 0.3) is 0 Å². The van der Waals surface area contributed by atoms with Gasteiger partial charge in [0.1, 0.15) is 0 Å². The fourth-order valence-electron chi connectivity index (χ4n) is 11.0. The lowest BCUT2D eigenvalue weighted by atomic mass is 9.93. The molecule has 0 aliphatic carbocycles. The van der Waals surface area contributed by atoms with Gasteiger partial charge in [0, 0.05) is 75.0 Å². The molecule has 0 radical (unpaired) electrons. The summed E-state index contributed by atoms with van der Waals surface area (Å²) in [6, 6.07) is 80.2. The van der Waals surface area contributed by atoms with Crippen LogP contribution in [0.5, 0.6) is 0 Å². The first kappa shape index (κ1) is 38.1. The van der Waals surface area contributed by atoms with Crippen LogP contribution in [0.25, 0.3) is 125 Å². The third-order valence-corrected chi connectivity index (χ3v) is 15.0. The van der Waals surface area contributed by atoms with Gasteiger partial charge in [-0.2, -0.15) is 10.5 Å². The van der Waals surface area contributed by atoms with E-state index in [-0.39, 0.29) is 0 Å². The van der Waals surface area contributed by atoms with Gasteiger partial charge < -0.3 is 13.7 Å². The van der Waals surface area contributed by atoms with E-state index in [1.165, 1.54) is 63.5 Å². The third-order valence-electron chi connectivity index (χ3n) is 13.9. The number of hydrogen-bond donors (Lipinski definition) is 0. The Morgan fingerprint density at radius 1 is 0.353 bits per heavy atom. The van der Waals surface area contributed by atoms with Crippen molar-refractivity contribution in [2.24, 2.45) is 0 Å². The SMILES string of the molecule is N#Cc1cccc(-c2cc(-c3ccc(-n4c5ccccc5c5c4ccc4c6ccccc6n(-c6ccccc6)c45)cc3-n3c4ccccc4c4cc5c(cc43)sc3ccccc35)ccc2C#N)c1. The Morgan fingerprint density at radius 3 is 1.84 bits per heavy atom. The maximum absolute atomic E-state index is 10.4. The van der Waals surface area contributed by atoms with E-state index in [0.717, 1.165) is 61.4 Å². The number of nitriles is 2. The highest BCUT2D eigenvalue weighted by Crippen LogP contribution is 2.46. The molecule has 0 saturated carbocycles. The van der Waals surface area contributed by atoms with Gasteiger partial charge in [0.2, 0.25) is 0 Å². The van der Waals surface area contributed by atoms with E-state index in [4.69, 9.17) is 0 Å². The summed E-state index contributed by atoms with van der Waals surface area (Å²) in [5, 5.41) is 30.0. The molecule has 5 nitrogen and oxygen atoms in total. The Bertz CT molecular complexity index is 4530. The van der Waals surface area contributed by atoms with Crippen LogP contribution in [0.15, 0.2) is 212 Å². The van der Waals surface area contributed by atoms with Crippen LogP contribution in [0.3, 0.4) is 0 Å². The Morgan fingerprint density at radius 2 is 1.04 bits per heavy atom. The minimum atomic E-state index is 0.548. The zero-order chi connectivity index (χ0) is 45.0. The van der Waals surface area contributed by atoms with Crippen LogP contribution in [0.4, 0.5) is 0 Å². The molecule has 10 aromatic carbocycles. The van der Waals surface area contributed by atoms with Crippen molar-refractivity contribution in [1.29, 1.82) is 10.5 Å². The first-order chi connectivity index (χ1) is 33.6. The molecule has 0 fully saturated rings. The number of aromatic nitrogens is 3. The molecule has 68 heavy (non-hydrogen) atoms. The van der Waals surface area contributed by atoms with Crippen molar-refractivity contribution in [2.75, 3.05) is 0 Å². The smallest absolute Gasteiger partial charge is 0.0998 e. The summed E-state index contributed by atoms with van der Waals surface area (Å²) in [7, 11) is 0. The number of fused-ring (bicyclic) bond motifs is 13. The van der Waals surface area contributed by atoms with Crippen LogP contribution in [0.1, 0.15) is 11.1 Å². The topological polar surface area (TPSA) is 62.4 Å².